The molecule has 2 aromatic rings. The van der Waals surface area contributed by atoms with Gasteiger partial charge in [-0.25, -0.2) is 9.59 Å². The van der Waals surface area contributed by atoms with Gasteiger partial charge in [0, 0.05) is 12.7 Å². The Bertz CT molecular complexity index is 922. The Kier molecular flexibility index (Phi) is 6.33. The van der Waals surface area contributed by atoms with E-state index in [0.29, 0.717) is 5.69 Å². The predicted octanol–water partition coefficient (Wildman–Crippen LogP) is 1.57. The number of esters is 2. The molecule has 0 atom stereocenters. The van der Waals surface area contributed by atoms with E-state index in [4.69, 9.17) is 0 Å². The van der Waals surface area contributed by atoms with Crippen molar-refractivity contribution in [2.24, 2.45) is 0 Å². The number of amides is 2. The Morgan fingerprint density at radius 3 is 2.11 bits per heavy atom. The Morgan fingerprint density at radius 1 is 0.929 bits per heavy atom. The molecule has 0 radical (unpaired) electrons. The standard InChI is InChI=1S/C19H18N2O7/c1-21(12-5-7-13(22)8-6-12)17(24)16(23)20-15-10-11(18(25)27-2)4-9-14(15)19(26)28-3/h4-10,22H,1-3H3,(H,20,23). The van der Waals surface area contributed by atoms with Crippen LogP contribution in [0.1, 0.15) is 20.7 Å². The summed E-state index contributed by atoms with van der Waals surface area (Å²) in [5.41, 5.74) is 0.329. The fourth-order valence-electron chi connectivity index (χ4n) is 2.30. The zero-order chi connectivity index (χ0) is 20.8. The maximum absolute atomic E-state index is 12.4. The van der Waals surface area contributed by atoms with Gasteiger partial charge < -0.3 is 24.8 Å². The topological polar surface area (TPSA) is 122 Å². The number of nitrogens with one attached hydrogen (secondary N) is 1. The summed E-state index contributed by atoms with van der Waals surface area (Å²) in [7, 11) is 3.72. The lowest BCUT2D eigenvalue weighted by Crippen LogP contribution is -2.37. The third-order valence-electron chi connectivity index (χ3n) is 3.83. The molecule has 2 N–H and O–H groups in total. The number of hydrogen-bond acceptors (Lipinski definition) is 7. The van der Waals surface area contributed by atoms with E-state index in [1.165, 1.54) is 56.6 Å². The minimum atomic E-state index is -1.04. The largest absolute Gasteiger partial charge is 0.508 e. The van der Waals surface area contributed by atoms with Gasteiger partial charge in [0.1, 0.15) is 5.75 Å². The van der Waals surface area contributed by atoms with Crippen molar-refractivity contribution in [2.75, 3.05) is 31.5 Å². The first kappa shape index (κ1) is 20.4. The van der Waals surface area contributed by atoms with Crippen LogP contribution in [0.5, 0.6) is 5.75 Å². The summed E-state index contributed by atoms with van der Waals surface area (Å²) < 4.78 is 9.26. The van der Waals surface area contributed by atoms with Crippen LogP contribution in [0.25, 0.3) is 0 Å². The number of methoxy groups -OCH3 is 2. The second-order valence-corrected chi connectivity index (χ2v) is 5.58. The number of nitrogens with zero attached hydrogens (tertiary/aromatic N) is 1. The van der Waals surface area contributed by atoms with E-state index in [0.717, 1.165) is 12.0 Å². The average molecular weight is 386 g/mol. The molecular formula is C19H18N2O7. The third-order valence-corrected chi connectivity index (χ3v) is 3.83. The van der Waals surface area contributed by atoms with Gasteiger partial charge in [-0.1, -0.05) is 0 Å². The van der Waals surface area contributed by atoms with E-state index in [2.05, 4.69) is 14.8 Å². The van der Waals surface area contributed by atoms with Crippen LogP contribution in [-0.4, -0.2) is 50.1 Å². The molecule has 0 saturated heterocycles. The van der Waals surface area contributed by atoms with Crippen LogP contribution in [0.15, 0.2) is 42.5 Å². The maximum Gasteiger partial charge on any atom is 0.339 e. The molecule has 146 valence electrons. The van der Waals surface area contributed by atoms with Gasteiger partial charge in [0.2, 0.25) is 0 Å². The highest BCUT2D eigenvalue weighted by Gasteiger charge is 2.23. The van der Waals surface area contributed by atoms with E-state index in [9.17, 15) is 24.3 Å². The summed E-state index contributed by atoms with van der Waals surface area (Å²) in [4.78, 5) is 49.5. The SMILES string of the molecule is COC(=O)c1ccc(C(=O)OC)c(NC(=O)C(=O)N(C)c2ccc(O)cc2)c1. The van der Waals surface area contributed by atoms with Crippen LogP contribution >= 0.6 is 0 Å². The van der Waals surface area contributed by atoms with Crippen molar-refractivity contribution in [3.8, 4) is 5.75 Å². The third kappa shape index (κ3) is 4.44. The van der Waals surface area contributed by atoms with Crippen molar-refractivity contribution >= 4 is 35.1 Å². The molecule has 0 aliphatic carbocycles. The molecule has 0 aromatic heterocycles. The number of phenols is 1. The van der Waals surface area contributed by atoms with Crippen molar-refractivity contribution in [1.82, 2.24) is 0 Å². The number of likely N-dealkylation sites (N-methyl/N-ethyl adjacent to an activating group) is 1. The van der Waals surface area contributed by atoms with Crippen molar-refractivity contribution in [3.05, 3.63) is 53.6 Å². The first-order valence-electron chi connectivity index (χ1n) is 7.97. The molecule has 2 aromatic carbocycles. The monoisotopic (exact) mass is 386 g/mol. The normalized spacial score (nSPS) is 9.96. The van der Waals surface area contributed by atoms with Crippen LogP contribution in [0.3, 0.4) is 0 Å². The Morgan fingerprint density at radius 2 is 1.54 bits per heavy atom. The van der Waals surface area contributed by atoms with Gasteiger partial charge in [0.05, 0.1) is 31.0 Å². The number of rotatable bonds is 4. The smallest absolute Gasteiger partial charge is 0.339 e. The summed E-state index contributed by atoms with van der Waals surface area (Å²) in [5.74, 6) is -3.39. The highest BCUT2D eigenvalue weighted by atomic mass is 16.5. The molecule has 2 rings (SSSR count). The highest BCUT2D eigenvalue weighted by Crippen LogP contribution is 2.21. The Balaban J connectivity index is 2.30. The summed E-state index contributed by atoms with van der Waals surface area (Å²) >= 11 is 0. The van der Waals surface area contributed by atoms with E-state index >= 15 is 0 Å². The first-order valence-corrected chi connectivity index (χ1v) is 7.97. The maximum atomic E-state index is 12.4. The molecular weight excluding hydrogens is 368 g/mol. The zero-order valence-electron chi connectivity index (χ0n) is 15.4. The molecule has 0 aliphatic heterocycles. The fraction of sp³-hybridized carbons (Fsp3) is 0.158. The number of ether oxygens (including phenoxy) is 2. The van der Waals surface area contributed by atoms with E-state index in [1.54, 1.807) is 0 Å². The highest BCUT2D eigenvalue weighted by molar-refractivity contribution is 6.44. The van der Waals surface area contributed by atoms with E-state index in [-0.39, 0.29) is 22.6 Å². The molecule has 0 aliphatic rings. The number of benzene rings is 2. The fourth-order valence-corrected chi connectivity index (χ4v) is 2.30. The van der Waals surface area contributed by atoms with Gasteiger partial charge in [-0.2, -0.15) is 0 Å². The Hall–Kier alpha value is -3.88. The van der Waals surface area contributed by atoms with Gasteiger partial charge in [0.15, 0.2) is 0 Å². The van der Waals surface area contributed by atoms with Crippen molar-refractivity contribution < 1.29 is 33.8 Å². The zero-order valence-corrected chi connectivity index (χ0v) is 15.4. The summed E-state index contributed by atoms with van der Waals surface area (Å²) in [6.07, 6.45) is 0. The van der Waals surface area contributed by atoms with E-state index < -0.39 is 23.8 Å². The minimum absolute atomic E-state index is 0.0106. The molecule has 0 fully saturated rings. The number of anilines is 2. The van der Waals surface area contributed by atoms with Crippen molar-refractivity contribution in [2.45, 2.75) is 0 Å². The van der Waals surface area contributed by atoms with Crippen molar-refractivity contribution in [3.63, 3.8) is 0 Å². The lowest BCUT2D eigenvalue weighted by atomic mass is 10.1. The number of carbonyl (C=O) groups is 4. The Labute approximate surface area is 160 Å². The van der Waals surface area contributed by atoms with Gasteiger partial charge in [0.25, 0.3) is 0 Å². The molecule has 28 heavy (non-hydrogen) atoms. The first-order chi connectivity index (χ1) is 13.3. The van der Waals surface area contributed by atoms with Gasteiger partial charge in [-0.05, 0) is 42.5 Å². The second kappa shape index (κ2) is 8.67. The summed E-state index contributed by atoms with van der Waals surface area (Å²) in [6.45, 7) is 0. The van der Waals surface area contributed by atoms with Crippen LogP contribution < -0.4 is 10.2 Å². The molecule has 9 nitrogen and oxygen atoms in total. The van der Waals surface area contributed by atoms with Crippen LogP contribution in [0.2, 0.25) is 0 Å². The van der Waals surface area contributed by atoms with Gasteiger partial charge in [-0.15, -0.1) is 0 Å². The number of aromatic hydroxyl groups is 1. The number of hydrogen-bond donors (Lipinski definition) is 2. The van der Waals surface area contributed by atoms with E-state index in [1.807, 2.05) is 0 Å². The minimum Gasteiger partial charge on any atom is -0.508 e. The van der Waals surface area contributed by atoms with Crippen LogP contribution in [0, 0.1) is 0 Å². The number of phenolic OH excluding ortho intramolecular Hbond substituents is 1. The lowest BCUT2D eigenvalue weighted by molar-refractivity contribution is -0.134. The number of carbonyl (C=O) groups excluding carboxylic acids is 4. The molecule has 0 spiro atoms. The molecule has 0 saturated carbocycles. The second-order valence-electron chi connectivity index (χ2n) is 5.58. The summed E-state index contributed by atoms with van der Waals surface area (Å²) in [5, 5.41) is 11.6. The average Bonchev–Trinajstić information content (AvgIpc) is 2.71. The lowest BCUT2D eigenvalue weighted by Gasteiger charge is -2.17. The quantitative estimate of drug-likeness (QED) is 0.604. The van der Waals surface area contributed by atoms with Crippen LogP contribution in [-0.2, 0) is 19.1 Å². The van der Waals surface area contributed by atoms with Crippen LogP contribution in [0.4, 0.5) is 11.4 Å². The molecule has 9 heteroatoms. The molecule has 0 heterocycles. The predicted molar refractivity (Wildman–Crippen MR) is 99.3 cm³/mol. The molecule has 2 amide bonds. The molecule has 0 unspecified atom stereocenters. The summed E-state index contributed by atoms with van der Waals surface area (Å²) in [6, 6.07) is 9.47. The van der Waals surface area contributed by atoms with Gasteiger partial charge in [-0.3, -0.25) is 9.59 Å². The van der Waals surface area contributed by atoms with Crippen molar-refractivity contribution in [1.29, 1.82) is 0 Å². The van der Waals surface area contributed by atoms with Gasteiger partial charge >= 0.3 is 23.8 Å². The molecule has 0 bridgehead atoms.